The Morgan fingerprint density at radius 1 is 1.19 bits per heavy atom. The van der Waals surface area contributed by atoms with Crippen molar-refractivity contribution in [3.05, 3.63) is 35.9 Å². The first-order chi connectivity index (χ1) is 12.2. The van der Waals surface area contributed by atoms with E-state index >= 15 is 0 Å². The smallest absolute Gasteiger partial charge is 0.407 e. The van der Waals surface area contributed by atoms with Crippen LogP contribution >= 0.6 is 0 Å². The third-order valence-corrected chi connectivity index (χ3v) is 5.34. The quantitative estimate of drug-likeness (QED) is 0.769. The zero-order valence-corrected chi connectivity index (χ0v) is 14.6. The van der Waals surface area contributed by atoms with Crippen LogP contribution in [0.15, 0.2) is 30.3 Å². The van der Waals surface area contributed by atoms with Gasteiger partial charge in [-0.05, 0) is 18.4 Å². The van der Waals surface area contributed by atoms with Crippen LogP contribution in [0.2, 0.25) is 0 Å². The normalized spacial score (nSPS) is 17.0. The predicted molar refractivity (Wildman–Crippen MR) is 87.3 cm³/mol. The topological polar surface area (TPSA) is 87.7 Å². The second-order valence-corrected chi connectivity index (χ2v) is 7.58. The lowest BCUT2D eigenvalue weighted by Gasteiger charge is -2.31. The Kier molecular flexibility index (Phi) is 6.84. The van der Waals surface area contributed by atoms with Gasteiger partial charge in [-0.2, -0.15) is 30.6 Å². The highest BCUT2D eigenvalue weighted by Gasteiger charge is 2.33. The molecule has 0 aliphatic carbocycles. The Morgan fingerprint density at radius 2 is 1.81 bits per heavy atom. The summed E-state index contributed by atoms with van der Waals surface area (Å²) in [6.45, 7) is -1.48. The highest BCUT2D eigenvalue weighted by molar-refractivity contribution is 7.87. The number of carbonyl (C=O) groups is 1. The Bertz CT molecular complexity index is 690. The molecule has 0 unspecified atom stereocenters. The third kappa shape index (κ3) is 6.81. The largest absolute Gasteiger partial charge is 0.445 e. The number of rotatable bonds is 6. The summed E-state index contributed by atoms with van der Waals surface area (Å²) in [6.07, 6.45) is -4.67. The SMILES string of the molecule is O=C(NC1CCN(S(=O)(=O)NCC(F)(F)F)CC1)OCc1ccccc1. The maximum Gasteiger partial charge on any atom is 0.407 e. The number of halogens is 3. The van der Waals surface area contributed by atoms with Gasteiger partial charge >= 0.3 is 12.3 Å². The average Bonchev–Trinajstić information content (AvgIpc) is 2.59. The van der Waals surface area contributed by atoms with Crippen molar-refractivity contribution in [1.29, 1.82) is 0 Å². The second-order valence-electron chi connectivity index (χ2n) is 5.82. The van der Waals surface area contributed by atoms with Gasteiger partial charge < -0.3 is 10.1 Å². The first-order valence-corrected chi connectivity index (χ1v) is 9.38. The Hall–Kier alpha value is -1.85. The van der Waals surface area contributed by atoms with E-state index in [4.69, 9.17) is 4.74 Å². The molecule has 1 aliphatic rings. The minimum atomic E-state index is -4.62. The van der Waals surface area contributed by atoms with Crippen LogP contribution in [0, 0.1) is 0 Å². The van der Waals surface area contributed by atoms with Gasteiger partial charge in [-0.25, -0.2) is 4.79 Å². The Morgan fingerprint density at radius 3 is 2.38 bits per heavy atom. The summed E-state index contributed by atoms with van der Waals surface area (Å²) in [4.78, 5) is 11.8. The number of alkyl halides is 3. The second kappa shape index (κ2) is 8.69. The van der Waals surface area contributed by atoms with Gasteiger partial charge in [0, 0.05) is 19.1 Å². The van der Waals surface area contributed by atoms with E-state index < -0.39 is 29.0 Å². The molecule has 2 rings (SSSR count). The predicted octanol–water partition coefficient (Wildman–Crippen LogP) is 1.77. The van der Waals surface area contributed by atoms with Crippen LogP contribution in [0.25, 0.3) is 0 Å². The molecule has 11 heteroatoms. The summed E-state index contributed by atoms with van der Waals surface area (Å²) in [6, 6.07) is 8.80. The monoisotopic (exact) mass is 395 g/mol. The molecule has 0 aromatic heterocycles. The molecule has 0 atom stereocenters. The van der Waals surface area contributed by atoms with Crippen molar-refractivity contribution < 1.29 is 31.1 Å². The number of carbonyl (C=O) groups excluding carboxylic acids is 1. The van der Waals surface area contributed by atoms with Crippen molar-refractivity contribution in [3.8, 4) is 0 Å². The van der Waals surface area contributed by atoms with Gasteiger partial charge in [-0.3, -0.25) is 0 Å². The van der Waals surface area contributed by atoms with Crippen LogP contribution in [0.5, 0.6) is 0 Å². The van der Waals surface area contributed by atoms with Gasteiger partial charge in [0.15, 0.2) is 0 Å². The number of nitrogens with one attached hydrogen (secondary N) is 2. The fourth-order valence-corrected chi connectivity index (χ4v) is 3.66. The lowest BCUT2D eigenvalue weighted by atomic mass is 10.1. The minimum Gasteiger partial charge on any atom is -0.445 e. The Labute approximate surface area is 149 Å². The molecule has 0 bridgehead atoms. The number of benzene rings is 1. The maximum absolute atomic E-state index is 12.1. The van der Waals surface area contributed by atoms with Gasteiger partial charge in [-0.15, -0.1) is 0 Å². The molecule has 1 aliphatic heterocycles. The van der Waals surface area contributed by atoms with Gasteiger partial charge in [-0.1, -0.05) is 30.3 Å². The fourth-order valence-electron chi connectivity index (χ4n) is 2.44. The van der Waals surface area contributed by atoms with Gasteiger partial charge in [0.2, 0.25) is 0 Å². The van der Waals surface area contributed by atoms with Crippen molar-refractivity contribution >= 4 is 16.3 Å². The molecule has 1 aromatic rings. The summed E-state index contributed by atoms with van der Waals surface area (Å²) < 4.78 is 67.6. The van der Waals surface area contributed by atoms with Crippen molar-refractivity contribution in [1.82, 2.24) is 14.3 Å². The van der Waals surface area contributed by atoms with Crippen molar-refractivity contribution in [2.75, 3.05) is 19.6 Å². The lowest BCUT2D eigenvalue weighted by molar-refractivity contribution is -0.121. The van der Waals surface area contributed by atoms with Crippen LogP contribution in [0.3, 0.4) is 0 Å². The number of nitrogens with zero attached hydrogens (tertiary/aromatic N) is 1. The molecule has 0 saturated carbocycles. The van der Waals surface area contributed by atoms with Crippen molar-refractivity contribution in [3.63, 3.8) is 0 Å². The van der Waals surface area contributed by atoms with E-state index in [1.54, 1.807) is 0 Å². The molecule has 0 radical (unpaired) electrons. The molecule has 26 heavy (non-hydrogen) atoms. The van der Waals surface area contributed by atoms with Crippen LogP contribution in [-0.2, 0) is 21.6 Å². The number of amides is 1. The number of ether oxygens (including phenoxy) is 1. The Balaban J connectivity index is 1.73. The number of alkyl carbamates (subject to hydrolysis) is 1. The molecule has 2 N–H and O–H groups in total. The molecule has 146 valence electrons. The number of hydrogen-bond donors (Lipinski definition) is 2. The molecule has 1 heterocycles. The maximum atomic E-state index is 12.1. The fraction of sp³-hybridized carbons (Fsp3) is 0.533. The molecular formula is C15H20F3N3O4S. The summed E-state index contributed by atoms with van der Waals surface area (Å²) >= 11 is 0. The van der Waals surface area contributed by atoms with E-state index in [9.17, 15) is 26.4 Å². The van der Waals surface area contributed by atoms with Crippen LogP contribution in [0.4, 0.5) is 18.0 Å². The first-order valence-electron chi connectivity index (χ1n) is 7.94. The van der Waals surface area contributed by atoms with E-state index in [0.717, 1.165) is 9.87 Å². The van der Waals surface area contributed by atoms with E-state index in [0.29, 0.717) is 0 Å². The highest BCUT2D eigenvalue weighted by atomic mass is 32.2. The molecule has 1 aromatic carbocycles. The van der Waals surface area contributed by atoms with Gasteiger partial charge in [0.1, 0.15) is 13.2 Å². The van der Waals surface area contributed by atoms with Crippen LogP contribution in [0.1, 0.15) is 18.4 Å². The van der Waals surface area contributed by atoms with Gasteiger partial charge in [0.05, 0.1) is 0 Å². The first kappa shape index (κ1) is 20.5. The standard InChI is InChI=1S/C15H20F3N3O4S/c16-15(17,18)11-19-26(23,24)21-8-6-13(7-9-21)20-14(22)25-10-12-4-2-1-3-5-12/h1-5,13,19H,6-11H2,(H,20,22). The van der Waals surface area contributed by atoms with Gasteiger partial charge in [0.25, 0.3) is 10.2 Å². The van der Waals surface area contributed by atoms with E-state index in [-0.39, 0.29) is 38.6 Å². The summed E-state index contributed by atoms with van der Waals surface area (Å²) in [5.41, 5.74) is 0.833. The minimum absolute atomic E-state index is 0.0107. The van der Waals surface area contributed by atoms with Crippen molar-refractivity contribution in [2.24, 2.45) is 0 Å². The molecule has 7 nitrogen and oxygen atoms in total. The molecule has 1 amide bonds. The molecular weight excluding hydrogens is 375 g/mol. The van der Waals surface area contributed by atoms with E-state index in [2.05, 4.69) is 5.32 Å². The summed E-state index contributed by atoms with van der Waals surface area (Å²) in [5.74, 6) is 0. The van der Waals surface area contributed by atoms with Crippen LogP contribution < -0.4 is 10.0 Å². The summed E-state index contributed by atoms with van der Waals surface area (Å²) in [7, 11) is -4.20. The molecule has 1 saturated heterocycles. The lowest BCUT2D eigenvalue weighted by Crippen LogP contribution is -2.50. The molecule has 0 spiro atoms. The van der Waals surface area contributed by atoms with Crippen LogP contribution in [-0.4, -0.2) is 50.7 Å². The van der Waals surface area contributed by atoms with E-state index in [1.807, 2.05) is 30.3 Å². The summed E-state index contributed by atoms with van der Waals surface area (Å²) in [5, 5.41) is 2.63. The molecule has 1 fully saturated rings. The zero-order valence-electron chi connectivity index (χ0n) is 13.8. The number of hydrogen-bond acceptors (Lipinski definition) is 4. The highest BCUT2D eigenvalue weighted by Crippen LogP contribution is 2.16. The third-order valence-electron chi connectivity index (χ3n) is 3.78. The average molecular weight is 395 g/mol. The van der Waals surface area contributed by atoms with E-state index in [1.165, 1.54) is 4.72 Å². The zero-order chi connectivity index (χ0) is 19.2. The number of piperidine rings is 1. The van der Waals surface area contributed by atoms with Crippen molar-refractivity contribution in [2.45, 2.75) is 31.7 Å².